The summed E-state index contributed by atoms with van der Waals surface area (Å²) in [6.07, 6.45) is -3.56. The van der Waals surface area contributed by atoms with E-state index in [1.54, 1.807) is 28.6 Å². The molecule has 3 aromatic rings. The van der Waals surface area contributed by atoms with Gasteiger partial charge in [0.05, 0.1) is 11.1 Å². The van der Waals surface area contributed by atoms with Crippen LogP contribution in [0, 0.1) is 11.3 Å². The summed E-state index contributed by atoms with van der Waals surface area (Å²) in [7, 11) is 0.168. The number of hydrogen-bond acceptors (Lipinski definition) is 6. The molecule has 7 nitrogen and oxygen atoms in total. The summed E-state index contributed by atoms with van der Waals surface area (Å²) >= 11 is 0. The van der Waals surface area contributed by atoms with Crippen molar-refractivity contribution in [2.75, 3.05) is 24.7 Å². The summed E-state index contributed by atoms with van der Waals surface area (Å²) in [6.45, 7) is 9.19. The van der Waals surface area contributed by atoms with Gasteiger partial charge < -0.3 is 4.90 Å². The van der Waals surface area contributed by atoms with Gasteiger partial charge in [0, 0.05) is 31.2 Å². The van der Waals surface area contributed by atoms with Crippen LogP contribution in [0.5, 0.6) is 0 Å². The third-order valence-electron chi connectivity index (χ3n) is 6.90. The van der Waals surface area contributed by atoms with Crippen LogP contribution in [0.25, 0.3) is 11.0 Å². The monoisotopic (exact) mass is 516 g/mol. The van der Waals surface area contributed by atoms with Crippen molar-refractivity contribution in [2.45, 2.75) is 51.5 Å². The van der Waals surface area contributed by atoms with Gasteiger partial charge in [-0.2, -0.15) is 23.4 Å². The first-order chi connectivity index (χ1) is 17.1. The zero-order valence-corrected chi connectivity index (χ0v) is 21.5. The average molecular weight is 517 g/mol. The van der Waals surface area contributed by atoms with Crippen molar-refractivity contribution in [1.29, 1.82) is 5.26 Å². The summed E-state index contributed by atoms with van der Waals surface area (Å²) < 4.78 is 40.6. The molecular formula is C25H28F3N6OP. The summed E-state index contributed by atoms with van der Waals surface area (Å²) in [5.74, 6) is 0.467. The summed E-state index contributed by atoms with van der Waals surface area (Å²) in [4.78, 5) is 26.1. The molecule has 0 bridgehead atoms. The van der Waals surface area contributed by atoms with Crippen LogP contribution in [0.3, 0.4) is 0 Å². The second-order valence-electron chi connectivity index (χ2n) is 9.01. The van der Waals surface area contributed by atoms with Gasteiger partial charge >= 0.3 is 11.9 Å². The number of pyridine rings is 1. The maximum absolute atomic E-state index is 13.0. The number of halogens is 3. The number of rotatable bonds is 5. The quantitative estimate of drug-likeness (QED) is 0.454. The van der Waals surface area contributed by atoms with Gasteiger partial charge in [-0.3, -0.25) is 9.24 Å². The lowest BCUT2D eigenvalue weighted by Crippen LogP contribution is -2.58. The number of anilines is 1. The molecule has 2 aromatic heterocycles. The molecule has 0 aliphatic carbocycles. The molecule has 4 rings (SSSR count). The van der Waals surface area contributed by atoms with Gasteiger partial charge in [0.1, 0.15) is 17.3 Å². The maximum Gasteiger partial charge on any atom is 0.416 e. The van der Waals surface area contributed by atoms with E-state index in [2.05, 4.69) is 32.8 Å². The minimum Gasteiger partial charge on any atom is -0.349 e. The molecule has 0 radical (unpaired) electrons. The van der Waals surface area contributed by atoms with Crippen molar-refractivity contribution >= 4 is 25.6 Å². The van der Waals surface area contributed by atoms with Gasteiger partial charge in [-0.15, -0.1) is 0 Å². The minimum absolute atomic E-state index is 0.0488. The number of alkyl halides is 3. The highest BCUT2D eigenvalue weighted by molar-refractivity contribution is 7.35. The highest BCUT2D eigenvalue weighted by Gasteiger charge is 2.36. The first-order valence-electron chi connectivity index (χ1n) is 11.8. The number of nitriles is 1. The first kappa shape index (κ1) is 26.1. The molecule has 0 saturated carbocycles. The highest BCUT2D eigenvalue weighted by atomic mass is 31.1. The van der Waals surface area contributed by atoms with E-state index in [1.807, 2.05) is 20.5 Å². The molecule has 3 heterocycles. The van der Waals surface area contributed by atoms with Crippen molar-refractivity contribution < 1.29 is 13.2 Å². The molecular weight excluding hydrogens is 488 g/mol. The van der Waals surface area contributed by atoms with Crippen LogP contribution in [0.2, 0.25) is 0 Å². The van der Waals surface area contributed by atoms with Crippen molar-refractivity contribution in [3.63, 3.8) is 0 Å². The van der Waals surface area contributed by atoms with E-state index >= 15 is 0 Å². The number of nitrogens with zero attached hydrogens (tertiary/aromatic N) is 6. The van der Waals surface area contributed by atoms with Gasteiger partial charge in [0.25, 0.3) is 0 Å². The van der Waals surface area contributed by atoms with Gasteiger partial charge in [0.15, 0.2) is 5.82 Å². The Labute approximate surface area is 209 Å². The Bertz CT molecular complexity index is 1350. The van der Waals surface area contributed by atoms with Crippen LogP contribution >= 0.6 is 8.73 Å². The third-order valence-corrected chi connectivity index (χ3v) is 7.78. The Balaban J connectivity index is 1.68. The molecule has 1 aliphatic rings. The average Bonchev–Trinajstić information content (AvgIpc) is 2.87. The van der Waals surface area contributed by atoms with Gasteiger partial charge in [-0.05, 0) is 65.5 Å². The van der Waals surface area contributed by atoms with E-state index in [0.29, 0.717) is 29.9 Å². The zero-order chi connectivity index (χ0) is 26.2. The van der Waals surface area contributed by atoms with Gasteiger partial charge in [0.2, 0.25) is 0 Å². The summed E-state index contributed by atoms with van der Waals surface area (Å²) in [5.41, 5.74) is 1.22. The van der Waals surface area contributed by atoms with Crippen molar-refractivity contribution in [2.24, 2.45) is 0 Å². The van der Waals surface area contributed by atoms with E-state index < -0.39 is 11.7 Å². The molecule has 11 heteroatoms. The highest BCUT2D eigenvalue weighted by Crippen LogP contribution is 2.35. The topological polar surface area (TPSA) is 78.0 Å². The van der Waals surface area contributed by atoms with E-state index in [1.165, 1.54) is 0 Å². The normalized spacial score (nSPS) is 20.2. The SMILES string of the molecule is CC[C@@H]1CN(c2nc(=O)n(PC)c3ccc(C#N)nc23)[C@@H](C)CN1C(C)c1ccc(C(F)(F)F)cc1. The van der Waals surface area contributed by atoms with Crippen LogP contribution < -0.4 is 10.6 Å². The van der Waals surface area contributed by atoms with Crippen LogP contribution in [0.4, 0.5) is 19.0 Å². The number of aromatic nitrogens is 3. The first-order valence-corrected chi connectivity index (χ1v) is 13.2. The number of benzene rings is 1. The predicted octanol–water partition coefficient (Wildman–Crippen LogP) is 4.80. The molecule has 1 aromatic carbocycles. The van der Waals surface area contributed by atoms with Crippen LogP contribution in [0.1, 0.15) is 50.1 Å². The fourth-order valence-electron chi connectivity index (χ4n) is 4.91. The van der Waals surface area contributed by atoms with Gasteiger partial charge in [-0.1, -0.05) is 19.1 Å². The van der Waals surface area contributed by atoms with Gasteiger partial charge in [-0.25, -0.2) is 9.78 Å². The Hall–Kier alpha value is -3.02. The Morgan fingerprint density at radius 2 is 1.86 bits per heavy atom. The zero-order valence-electron chi connectivity index (χ0n) is 20.5. The lowest BCUT2D eigenvalue weighted by molar-refractivity contribution is -0.137. The number of fused-ring (bicyclic) bond motifs is 1. The van der Waals surface area contributed by atoms with E-state index in [-0.39, 0.29) is 38.2 Å². The fourth-order valence-corrected chi connectivity index (χ4v) is 5.57. The molecule has 190 valence electrons. The largest absolute Gasteiger partial charge is 0.416 e. The van der Waals surface area contributed by atoms with Crippen LogP contribution in [-0.4, -0.2) is 51.0 Å². The fraction of sp³-hybridized carbons (Fsp3) is 0.440. The molecule has 4 atom stereocenters. The van der Waals surface area contributed by atoms with E-state index in [9.17, 15) is 23.2 Å². The number of piperazine rings is 1. The van der Waals surface area contributed by atoms with E-state index in [4.69, 9.17) is 0 Å². The van der Waals surface area contributed by atoms with E-state index in [0.717, 1.165) is 24.1 Å². The Kier molecular flexibility index (Phi) is 7.35. The molecule has 0 amide bonds. The Morgan fingerprint density at radius 1 is 1.17 bits per heavy atom. The summed E-state index contributed by atoms with van der Waals surface area (Å²) in [6, 6.07) is 10.7. The molecule has 1 aliphatic heterocycles. The smallest absolute Gasteiger partial charge is 0.349 e. The van der Waals surface area contributed by atoms with Crippen LogP contribution in [0.15, 0.2) is 41.2 Å². The molecule has 36 heavy (non-hydrogen) atoms. The standard InChI is InChI=1S/C25H28F3N6OP/c1-5-20-14-32(23-22-21(11-10-19(12-29)30-22)34(36-4)24(35)31-23)15(2)13-33(20)16(3)17-6-8-18(9-7-17)25(26,27)28/h6-11,15-16,20,36H,5,13-14H2,1-4H3/t15-,16?,20+/m0/s1. The number of hydrogen-bond donors (Lipinski definition) is 0. The summed E-state index contributed by atoms with van der Waals surface area (Å²) in [5, 5.41) is 9.39. The van der Waals surface area contributed by atoms with Crippen molar-refractivity contribution in [3.8, 4) is 6.07 Å². The van der Waals surface area contributed by atoms with Crippen molar-refractivity contribution in [3.05, 3.63) is 63.7 Å². The molecule has 0 N–H and O–H groups in total. The molecule has 2 unspecified atom stereocenters. The maximum atomic E-state index is 13.0. The second-order valence-corrected chi connectivity index (χ2v) is 9.90. The minimum atomic E-state index is -4.37. The molecule has 1 saturated heterocycles. The Morgan fingerprint density at radius 3 is 2.44 bits per heavy atom. The lowest BCUT2D eigenvalue weighted by atomic mass is 9.98. The lowest BCUT2D eigenvalue weighted by Gasteiger charge is -2.48. The third kappa shape index (κ3) is 4.82. The molecule has 1 fully saturated rings. The molecule has 0 spiro atoms. The van der Waals surface area contributed by atoms with Crippen LogP contribution in [-0.2, 0) is 6.18 Å². The predicted molar refractivity (Wildman–Crippen MR) is 136 cm³/mol. The van der Waals surface area contributed by atoms with Crippen molar-refractivity contribution in [1.82, 2.24) is 19.2 Å². The second kappa shape index (κ2) is 10.2.